The first-order valence-corrected chi connectivity index (χ1v) is 10.8. The van der Waals surface area contributed by atoms with Gasteiger partial charge >= 0.3 is 0 Å². The third-order valence-electron chi connectivity index (χ3n) is 5.86. The molecule has 1 unspecified atom stereocenters. The second-order valence-electron chi connectivity index (χ2n) is 8.12. The van der Waals surface area contributed by atoms with Crippen LogP contribution in [0.1, 0.15) is 35.9 Å². The summed E-state index contributed by atoms with van der Waals surface area (Å²) in [5.74, 6) is 0.109. The Morgan fingerprint density at radius 3 is 2.00 bits per heavy atom. The summed E-state index contributed by atoms with van der Waals surface area (Å²) in [6.45, 7) is 5.13. The molecule has 1 aromatic heterocycles. The van der Waals surface area contributed by atoms with E-state index in [1.54, 1.807) is 36.6 Å². The summed E-state index contributed by atoms with van der Waals surface area (Å²) in [6.07, 6.45) is 1.59. The highest BCUT2D eigenvalue weighted by Gasteiger charge is 2.27. The second-order valence-corrected chi connectivity index (χ2v) is 8.12. The smallest absolute Gasteiger partial charge is 0.234 e. The number of piperazine rings is 1. The molecule has 1 aliphatic rings. The highest BCUT2D eigenvalue weighted by Crippen LogP contribution is 2.30. The van der Waals surface area contributed by atoms with Crippen molar-refractivity contribution in [2.24, 2.45) is 0 Å². The average Bonchev–Trinajstić information content (AvgIpc) is 3.33. The molecule has 7 heteroatoms. The van der Waals surface area contributed by atoms with Gasteiger partial charge in [0.1, 0.15) is 17.4 Å². The van der Waals surface area contributed by atoms with Crippen molar-refractivity contribution in [3.63, 3.8) is 0 Å². The lowest BCUT2D eigenvalue weighted by molar-refractivity contribution is -0.123. The Bertz CT molecular complexity index is 953. The summed E-state index contributed by atoms with van der Waals surface area (Å²) in [6, 6.07) is 16.3. The Morgan fingerprint density at radius 2 is 1.50 bits per heavy atom. The normalized spacial score (nSPS) is 16.2. The third-order valence-corrected chi connectivity index (χ3v) is 5.86. The Morgan fingerprint density at radius 1 is 0.938 bits per heavy atom. The lowest BCUT2D eigenvalue weighted by Gasteiger charge is -2.39. The Balaban J connectivity index is 1.39. The fraction of sp³-hybridized carbons (Fsp3) is 0.320. The van der Waals surface area contributed by atoms with Crippen molar-refractivity contribution in [2.45, 2.75) is 19.0 Å². The van der Waals surface area contributed by atoms with E-state index in [1.165, 1.54) is 24.3 Å². The van der Waals surface area contributed by atoms with Crippen LogP contribution in [0.25, 0.3) is 0 Å². The van der Waals surface area contributed by atoms with E-state index in [0.29, 0.717) is 6.54 Å². The van der Waals surface area contributed by atoms with Crippen molar-refractivity contribution in [1.82, 2.24) is 15.1 Å². The van der Waals surface area contributed by atoms with Gasteiger partial charge in [-0.15, -0.1) is 0 Å². The largest absolute Gasteiger partial charge is 0.467 e. The van der Waals surface area contributed by atoms with Crippen molar-refractivity contribution >= 4 is 5.91 Å². The van der Waals surface area contributed by atoms with Gasteiger partial charge in [0.25, 0.3) is 0 Å². The maximum atomic E-state index is 13.5. The minimum atomic E-state index is -0.286. The highest BCUT2D eigenvalue weighted by molar-refractivity contribution is 5.78. The van der Waals surface area contributed by atoms with Gasteiger partial charge in [-0.3, -0.25) is 14.6 Å². The molecule has 3 aromatic rings. The van der Waals surface area contributed by atoms with Crippen LogP contribution in [0, 0.1) is 11.6 Å². The molecule has 0 saturated carbocycles. The van der Waals surface area contributed by atoms with Gasteiger partial charge in [0, 0.05) is 26.2 Å². The quantitative estimate of drug-likeness (QED) is 0.601. The van der Waals surface area contributed by atoms with Crippen LogP contribution < -0.4 is 5.32 Å². The maximum absolute atomic E-state index is 13.5. The molecule has 0 spiro atoms. The SMILES string of the molecule is CC(NC(=O)CN1CCN(C(c2ccc(F)cc2)c2ccc(F)cc2)CC1)c1ccco1. The molecule has 2 aromatic carbocycles. The molecule has 5 nitrogen and oxygen atoms in total. The monoisotopic (exact) mass is 439 g/mol. The van der Waals surface area contributed by atoms with Gasteiger partial charge < -0.3 is 9.73 Å². The molecule has 0 aliphatic carbocycles. The molecule has 4 rings (SSSR count). The van der Waals surface area contributed by atoms with Gasteiger partial charge in [-0.25, -0.2) is 8.78 Å². The summed E-state index contributed by atoms with van der Waals surface area (Å²) >= 11 is 0. The zero-order chi connectivity index (χ0) is 22.5. The van der Waals surface area contributed by atoms with Gasteiger partial charge in [-0.05, 0) is 54.4 Å². The second kappa shape index (κ2) is 10.1. The molecule has 1 fully saturated rings. The topological polar surface area (TPSA) is 48.7 Å². The summed E-state index contributed by atoms with van der Waals surface area (Å²) in [7, 11) is 0. The number of halogens is 2. The molecule has 2 heterocycles. The number of hydrogen-bond acceptors (Lipinski definition) is 4. The minimum Gasteiger partial charge on any atom is -0.467 e. The number of carbonyl (C=O) groups excluding carboxylic acids is 1. The number of hydrogen-bond donors (Lipinski definition) is 1. The fourth-order valence-electron chi connectivity index (χ4n) is 4.18. The van der Waals surface area contributed by atoms with E-state index >= 15 is 0 Å². The van der Waals surface area contributed by atoms with E-state index in [9.17, 15) is 13.6 Å². The molecule has 168 valence electrons. The van der Waals surface area contributed by atoms with Crippen molar-refractivity contribution < 1.29 is 18.0 Å². The van der Waals surface area contributed by atoms with E-state index in [0.717, 1.165) is 43.1 Å². The number of furan rings is 1. The van der Waals surface area contributed by atoms with Gasteiger partial charge in [0.15, 0.2) is 0 Å². The predicted octanol–water partition coefficient (Wildman–Crippen LogP) is 4.14. The van der Waals surface area contributed by atoms with E-state index in [-0.39, 0.29) is 29.6 Å². The van der Waals surface area contributed by atoms with Gasteiger partial charge in [0.2, 0.25) is 5.91 Å². The number of amides is 1. The molecule has 1 N–H and O–H groups in total. The Labute approximate surface area is 186 Å². The molecule has 1 amide bonds. The molecule has 1 atom stereocenters. The number of carbonyl (C=O) groups is 1. The molecule has 1 aliphatic heterocycles. The molecule has 0 radical (unpaired) electrons. The standard InChI is InChI=1S/C25H27F2N3O2/c1-18(23-3-2-16-32-23)28-24(31)17-29-12-14-30(15-13-29)25(19-4-8-21(26)9-5-19)20-6-10-22(27)11-7-20/h2-11,16,18,25H,12-15,17H2,1H3,(H,28,31). The van der Waals surface area contributed by atoms with Crippen molar-refractivity contribution in [3.8, 4) is 0 Å². The predicted molar refractivity (Wildman–Crippen MR) is 118 cm³/mol. The number of rotatable bonds is 7. The summed E-state index contributed by atoms with van der Waals surface area (Å²) < 4.78 is 32.3. The van der Waals surface area contributed by atoms with Crippen LogP contribution in [0.3, 0.4) is 0 Å². The van der Waals surface area contributed by atoms with E-state index < -0.39 is 0 Å². The van der Waals surface area contributed by atoms with Crippen molar-refractivity contribution in [2.75, 3.05) is 32.7 Å². The number of nitrogens with zero attached hydrogens (tertiary/aromatic N) is 2. The highest BCUT2D eigenvalue weighted by atomic mass is 19.1. The van der Waals surface area contributed by atoms with E-state index in [1.807, 2.05) is 13.0 Å². The minimum absolute atomic E-state index is 0.0454. The Kier molecular flexibility index (Phi) is 6.97. The molecule has 1 saturated heterocycles. The molecule has 32 heavy (non-hydrogen) atoms. The van der Waals surface area contributed by atoms with Crippen LogP contribution in [-0.4, -0.2) is 48.4 Å². The molecular weight excluding hydrogens is 412 g/mol. The summed E-state index contributed by atoms with van der Waals surface area (Å²) in [5.41, 5.74) is 1.91. The van der Waals surface area contributed by atoms with E-state index in [4.69, 9.17) is 4.42 Å². The fourth-order valence-corrected chi connectivity index (χ4v) is 4.18. The third kappa shape index (κ3) is 5.41. The van der Waals surface area contributed by atoms with Gasteiger partial charge in [-0.1, -0.05) is 24.3 Å². The maximum Gasteiger partial charge on any atom is 0.234 e. The van der Waals surface area contributed by atoms with Gasteiger partial charge in [0.05, 0.1) is 24.9 Å². The van der Waals surface area contributed by atoms with Crippen molar-refractivity contribution in [3.05, 3.63) is 95.4 Å². The molecular formula is C25H27F2N3O2. The lowest BCUT2D eigenvalue weighted by Crippen LogP contribution is -2.50. The van der Waals surface area contributed by atoms with Crippen molar-refractivity contribution in [1.29, 1.82) is 0 Å². The Hall–Kier alpha value is -3.03. The molecule has 0 bridgehead atoms. The van der Waals surface area contributed by atoms with Crippen LogP contribution >= 0.6 is 0 Å². The van der Waals surface area contributed by atoms with Crippen LogP contribution in [-0.2, 0) is 4.79 Å². The summed E-state index contributed by atoms with van der Waals surface area (Å²) in [4.78, 5) is 16.9. The van der Waals surface area contributed by atoms with Crippen LogP contribution in [0.5, 0.6) is 0 Å². The summed E-state index contributed by atoms with van der Waals surface area (Å²) in [5, 5.41) is 2.97. The zero-order valence-electron chi connectivity index (χ0n) is 18.0. The first-order valence-electron chi connectivity index (χ1n) is 10.8. The lowest BCUT2D eigenvalue weighted by atomic mass is 9.96. The number of nitrogens with one attached hydrogen (secondary N) is 1. The van der Waals surface area contributed by atoms with Crippen LogP contribution in [0.4, 0.5) is 8.78 Å². The van der Waals surface area contributed by atoms with Crippen LogP contribution in [0.2, 0.25) is 0 Å². The van der Waals surface area contributed by atoms with E-state index in [2.05, 4.69) is 15.1 Å². The van der Waals surface area contributed by atoms with Crippen LogP contribution in [0.15, 0.2) is 71.3 Å². The average molecular weight is 440 g/mol. The first-order chi connectivity index (χ1) is 15.5. The zero-order valence-corrected chi connectivity index (χ0v) is 18.0. The van der Waals surface area contributed by atoms with Gasteiger partial charge in [-0.2, -0.15) is 0 Å². The number of benzene rings is 2. The first kappa shape index (κ1) is 22.2.